The highest BCUT2D eigenvalue weighted by Crippen LogP contribution is 2.44. The Morgan fingerprint density at radius 2 is 1.65 bits per heavy atom. The summed E-state index contributed by atoms with van der Waals surface area (Å²) in [6.07, 6.45) is -0.417. The van der Waals surface area contributed by atoms with Gasteiger partial charge in [-0.25, -0.2) is 4.79 Å². The molecule has 3 N–H and O–H groups in total. The van der Waals surface area contributed by atoms with Gasteiger partial charge in [-0.3, -0.25) is 0 Å². The van der Waals surface area contributed by atoms with Gasteiger partial charge in [0.25, 0.3) is 0 Å². The predicted octanol–water partition coefficient (Wildman–Crippen LogP) is 3.29. The van der Waals surface area contributed by atoms with Crippen molar-refractivity contribution in [1.82, 2.24) is 5.32 Å². The zero-order valence-electron chi connectivity index (χ0n) is 13.0. The van der Waals surface area contributed by atoms with E-state index in [9.17, 15) is 4.79 Å². The predicted molar refractivity (Wildman–Crippen MR) is 94.0 cm³/mol. The molecule has 3 rings (SSSR count). The average molecular weight is 333 g/mol. The zero-order valence-corrected chi connectivity index (χ0v) is 13.8. The molecule has 1 amide bonds. The third-order valence-electron chi connectivity index (χ3n) is 4.06. The molecule has 23 heavy (non-hydrogen) atoms. The van der Waals surface area contributed by atoms with Crippen molar-refractivity contribution < 1.29 is 9.53 Å². The van der Waals surface area contributed by atoms with Crippen LogP contribution in [0.3, 0.4) is 0 Å². The summed E-state index contributed by atoms with van der Waals surface area (Å²) in [5.74, 6) is 0.0892. The fourth-order valence-corrected chi connectivity index (χ4v) is 2.90. The molecule has 0 saturated heterocycles. The molecule has 4 nitrogen and oxygen atoms in total. The van der Waals surface area contributed by atoms with E-state index >= 15 is 0 Å². The highest BCUT2D eigenvalue weighted by atomic mass is 35.5. The van der Waals surface area contributed by atoms with E-state index in [2.05, 4.69) is 29.6 Å². The molecule has 0 fully saturated rings. The summed E-state index contributed by atoms with van der Waals surface area (Å²) in [5, 5.41) is 2.72. The van der Waals surface area contributed by atoms with E-state index in [0.717, 1.165) is 0 Å². The second-order valence-corrected chi connectivity index (χ2v) is 5.61. The topological polar surface area (TPSA) is 64.3 Å². The van der Waals surface area contributed by atoms with Crippen LogP contribution in [0.5, 0.6) is 0 Å². The quantitative estimate of drug-likeness (QED) is 0.903. The maximum Gasteiger partial charge on any atom is 0.407 e. The van der Waals surface area contributed by atoms with Crippen molar-refractivity contribution in [2.45, 2.75) is 18.9 Å². The minimum Gasteiger partial charge on any atom is -0.449 e. The molecule has 0 heterocycles. The van der Waals surface area contributed by atoms with E-state index in [4.69, 9.17) is 10.5 Å². The van der Waals surface area contributed by atoms with Gasteiger partial charge < -0.3 is 15.8 Å². The molecule has 0 unspecified atom stereocenters. The molecule has 2 aromatic carbocycles. The SMILES string of the molecule is C[C@@H](CN)NC(=O)OCC1c2ccccc2-c2ccccc21.Cl. The Hall–Kier alpha value is -2.04. The number of fused-ring (bicyclic) bond motifs is 3. The highest BCUT2D eigenvalue weighted by Gasteiger charge is 2.28. The number of amides is 1. The first-order valence-corrected chi connectivity index (χ1v) is 7.52. The Morgan fingerprint density at radius 3 is 2.17 bits per heavy atom. The molecule has 122 valence electrons. The van der Waals surface area contributed by atoms with Crippen molar-refractivity contribution in [3.8, 4) is 11.1 Å². The van der Waals surface area contributed by atoms with Crippen LogP contribution in [0.25, 0.3) is 11.1 Å². The van der Waals surface area contributed by atoms with E-state index in [0.29, 0.717) is 13.2 Å². The number of halogens is 1. The van der Waals surface area contributed by atoms with Gasteiger partial charge in [0.1, 0.15) is 6.61 Å². The fourth-order valence-electron chi connectivity index (χ4n) is 2.90. The van der Waals surface area contributed by atoms with Crippen LogP contribution in [0.15, 0.2) is 48.5 Å². The van der Waals surface area contributed by atoms with Crippen LogP contribution in [0.4, 0.5) is 4.79 Å². The van der Waals surface area contributed by atoms with Gasteiger partial charge in [-0.15, -0.1) is 12.4 Å². The highest BCUT2D eigenvalue weighted by molar-refractivity contribution is 5.85. The lowest BCUT2D eigenvalue weighted by Gasteiger charge is -2.16. The molecule has 0 bridgehead atoms. The third-order valence-corrected chi connectivity index (χ3v) is 4.06. The van der Waals surface area contributed by atoms with E-state index in [1.165, 1.54) is 22.3 Å². The van der Waals surface area contributed by atoms with Crippen molar-refractivity contribution in [3.63, 3.8) is 0 Å². The van der Waals surface area contributed by atoms with Crippen molar-refractivity contribution in [2.24, 2.45) is 5.73 Å². The van der Waals surface area contributed by atoms with Gasteiger partial charge >= 0.3 is 6.09 Å². The minimum absolute atomic E-state index is 0. The van der Waals surface area contributed by atoms with Gasteiger partial charge in [0.05, 0.1) is 0 Å². The number of rotatable bonds is 4. The number of carbonyl (C=O) groups excluding carboxylic acids is 1. The number of nitrogens with two attached hydrogens (primary N) is 1. The molecule has 2 aromatic rings. The van der Waals surface area contributed by atoms with E-state index in [-0.39, 0.29) is 24.4 Å². The summed E-state index contributed by atoms with van der Waals surface area (Å²) >= 11 is 0. The summed E-state index contributed by atoms with van der Waals surface area (Å²) in [4.78, 5) is 11.8. The van der Waals surface area contributed by atoms with Gasteiger partial charge in [-0.05, 0) is 29.2 Å². The number of benzene rings is 2. The van der Waals surface area contributed by atoms with Gasteiger partial charge in [0, 0.05) is 18.5 Å². The molecule has 1 aliphatic rings. The van der Waals surface area contributed by atoms with Gasteiger partial charge in [0.15, 0.2) is 0 Å². The number of hydrogen-bond donors (Lipinski definition) is 2. The van der Waals surface area contributed by atoms with Crippen molar-refractivity contribution in [1.29, 1.82) is 0 Å². The van der Waals surface area contributed by atoms with Gasteiger partial charge in [-0.1, -0.05) is 48.5 Å². The first-order valence-electron chi connectivity index (χ1n) is 7.52. The Bertz CT molecular complexity index is 645. The van der Waals surface area contributed by atoms with Crippen LogP contribution < -0.4 is 11.1 Å². The largest absolute Gasteiger partial charge is 0.449 e. The Balaban J connectivity index is 0.00000192. The lowest BCUT2D eigenvalue weighted by atomic mass is 9.98. The third kappa shape index (κ3) is 3.49. The zero-order chi connectivity index (χ0) is 15.5. The monoisotopic (exact) mass is 332 g/mol. The minimum atomic E-state index is -0.417. The number of alkyl carbamates (subject to hydrolysis) is 1. The average Bonchev–Trinajstić information content (AvgIpc) is 2.87. The first kappa shape index (κ1) is 17.3. The van der Waals surface area contributed by atoms with Crippen LogP contribution in [0.2, 0.25) is 0 Å². The number of hydrogen-bond acceptors (Lipinski definition) is 3. The van der Waals surface area contributed by atoms with Crippen LogP contribution in [-0.2, 0) is 4.74 Å². The normalized spacial score (nSPS) is 13.5. The summed E-state index contributed by atoms with van der Waals surface area (Å²) in [6.45, 7) is 2.57. The van der Waals surface area contributed by atoms with E-state index < -0.39 is 6.09 Å². The van der Waals surface area contributed by atoms with Crippen molar-refractivity contribution in [3.05, 3.63) is 59.7 Å². The van der Waals surface area contributed by atoms with Crippen molar-refractivity contribution >= 4 is 18.5 Å². The first-order chi connectivity index (χ1) is 10.7. The van der Waals surface area contributed by atoms with Crippen LogP contribution in [-0.4, -0.2) is 25.3 Å². The van der Waals surface area contributed by atoms with Gasteiger partial charge in [-0.2, -0.15) is 0 Å². The number of carbonyl (C=O) groups is 1. The maximum absolute atomic E-state index is 11.8. The molecular weight excluding hydrogens is 312 g/mol. The fraction of sp³-hybridized carbons (Fsp3) is 0.278. The standard InChI is InChI=1S/C18H20N2O2.ClH/c1-12(10-19)20-18(21)22-11-17-15-8-4-2-6-13(15)14-7-3-5-9-16(14)17;/h2-9,12,17H,10-11,19H2,1H3,(H,20,21);1H/t12-;/m0./s1. The molecule has 1 atom stereocenters. The smallest absolute Gasteiger partial charge is 0.407 e. The maximum atomic E-state index is 11.8. The summed E-state index contributed by atoms with van der Waals surface area (Å²) in [5.41, 5.74) is 10.4. The summed E-state index contributed by atoms with van der Waals surface area (Å²) < 4.78 is 5.41. The van der Waals surface area contributed by atoms with Crippen LogP contribution in [0, 0.1) is 0 Å². The van der Waals surface area contributed by atoms with Gasteiger partial charge in [0.2, 0.25) is 0 Å². The second-order valence-electron chi connectivity index (χ2n) is 5.61. The number of ether oxygens (including phenoxy) is 1. The molecule has 0 saturated carbocycles. The van der Waals surface area contributed by atoms with E-state index in [1.54, 1.807) is 0 Å². The molecule has 0 radical (unpaired) electrons. The lowest BCUT2D eigenvalue weighted by Crippen LogP contribution is -2.38. The molecule has 1 aliphatic carbocycles. The molecule has 5 heteroatoms. The van der Waals surface area contributed by atoms with Crippen molar-refractivity contribution in [2.75, 3.05) is 13.2 Å². The summed E-state index contributed by atoms with van der Waals surface area (Å²) in [6, 6.07) is 16.5. The second kappa shape index (κ2) is 7.49. The van der Waals surface area contributed by atoms with Crippen LogP contribution >= 0.6 is 12.4 Å². The Labute approximate surface area is 142 Å². The molecule has 0 spiro atoms. The lowest BCUT2D eigenvalue weighted by molar-refractivity contribution is 0.140. The molecular formula is C18H21ClN2O2. The number of nitrogens with one attached hydrogen (secondary N) is 1. The summed E-state index contributed by atoms with van der Waals surface area (Å²) in [7, 11) is 0. The Kier molecular flexibility index (Phi) is 5.64. The Morgan fingerprint density at radius 1 is 1.13 bits per heavy atom. The molecule has 0 aromatic heterocycles. The van der Waals surface area contributed by atoms with E-state index in [1.807, 2.05) is 31.2 Å². The molecule has 0 aliphatic heterocycles. The van der Waals surface area contributed by atoms with Crippen LogP contribution in [0.1, 0.15) is 24.0 Å².